The minimum atomic E-state index is -0.780. The zero-order valence-electron chi connectivity index (χ0n) is 51.0. The van der Waals surface area contributed by atoms with E-state index >= 15 is 0 Å². The van der Waals surface area contributed by atoms with Gasteiger partial charge in [-0.1, -0.05) is 298 Å². The van der Waals surface area contributed by atoms with Crippen LogP contribution in [0.15, 0.2) is 85.1 Å². The molecule has 0 aliphatic rings. The van der Waals surface area contributed by atoms with Gasteiger partial charge in [-0.2, -0.15) is 0 Å². The first-order valence-corrected chi connectivity index (χ1v) is 33.1. The van der Waals surface area contributed by atoms with Crippen molar-refractivity contribution < 1.29 is 28.6 Å². The second-order valence-electron chi connectivity index (χ2n) is 22.0. The van der Waals surface area contributed by atoms with Crippen molar-refractivity contribution in [3.05, 3.63) is 85.1 Å². The maximum atomic E-state index is 12.9. The van der Waals surface area contributed by atoms with Gasteiger partial charge >= 0.3 is 17.9 Å². The van der Waals surface area contributed by atoms with Crippen LogP contribution in [-0.4, -0.2) is 37.2 Å². The highest BCUT2D eigenvalue weighted by Gasteiger charge is 2.19. The maximum Gasteiger partial charge on any atom is 0.306 e. The molecule has 1 atom stereocenters. The summed E-state index contributed by atoms with van der Waals surface area (Å²) in [4.78, 5) is 38.3. The van der Waals surface area contributed by atoms with Crippen LogP contribution in [0, 0.1) is 0 Å². The molecule has 0 saturated heterocycles. The number of allylic oxidation sites excluding steroid dienone is 14. The van der Waals surface area contributed by atoms with Gasteiger partial charge in [-0.15, -0.1) is 0 Å². The Morgan fingerprint density at radius 1 is 0.273 bits per heavy atom. The molecule has 0 radical (unpaired) electrons. The topological polar surface area (TPSA) is 78.9 Å². The van der Waals surface area contributed by atoms with Crippen molar-refractivity contribution in [2.75, 3.05) is 13.2 Å². The lowest BCUT2D eigenvalue weighted by atomic mass is 10.0. The van der Waals surface area contributed by atoms with Gasteiger partial charge < -0.3 is 14.2 Å². The molecule has 6 nitrogen and oxygen atoms in total. The summed E-state index contributed by atoms with van der Waals surface area (Å²) in [6, 6.07) is 0. The molecule has 0 aliphatic heterocycles. The Morgan fingerprint density at radius 3 is 0.818 bits per heavy atom. The van der Waals surface area contributed by atoms with E-state index in [1.807, 2.05) is 0 Å². The van der Waals surface area contributed by atoms with Crippen LogP contribution >= 0.6 is 0 Å². The first kappa shape index (κ1) is 73.6. The third kappa shape index (κ3) is 63.3. The highest BCUT2D eigenvalue weighted by molar-refractivity contribution is 5.71. The quantitative estimate of drug-likeness (QED) is 0.0261. The van der Waals surface area contributed by atoms with Crippen molar-refractivity contribution in [2.45, 2.75) is 335 Å². The lowest BCUT2D eigenvalue weighted by Crippen LogP contribution is -2.30. The molecule has 77 heavy (non-hydrogen) atoms. The van der Waals surface area contributed by atoms with E-state index in [1.165, 1.54) is 186 Å². The van der Waals surface area contributed by atoms with Gasteiger partial charge in [0.05, 0.1) is 0 Å². The number of unbranched alkanes of at least 4 members (excludes halogenated alkanes) is 35. The average Bonchev–Trinajstić information content (AvgIpc) is 3.43. The summed E-state index contributed by atoms with van der Waals surface area (Å²) >= 11 is 0. The average molecular weight is 1070 g/mol. The molecule has 0 aliphatic carbocycles. The Bertz CT molecular complexity index is 1470. The van der Waals surface area contributed by atoms with E-state index < -0.39 is 6.10 Å². The predicted molar refractivity (Wildman–Crippen MR) is 334 cm³/mol. The summed E-state index contributed by atoms with van der Waals surface area (Å²) in [6.45, 7) is 6.54. The molecule has 0 spiro atoms. The first-order valence-electron chi connectivity index (χ1n) is 33.1. The fourth-order valence-electron chi connectivity index (χ4n) is 9.44. The highest BCUT2D eigenvalue weighted by Crippen LogP contribution is 2.17. The van der Waals surface area contributed by atoms with E-state index in [0.717, 1.165) is 103 Å². The summed E-state index contributed by atoms with van der Waals surface area (Å²) < 4.78 is 16.9. The maximum absolute atomic E-state index is 12.9. The zero-order valence-corrected chi connectivity index (χ0v) is 51.0. The molecule has 0 aromatic heterocycles. The highest BCUT2D eigenvalue weighted by atomic mass is 16.6. The lowest BCUT2D eigenvalue weighted by Gasteiger charge is -2.18. The number of carbonyl (C=O) groups excluding carboxylic acids is 3. The SMILES string of the molecule is CC/C=C\C/C=C\C/C=C\C/C=C\C/C=C\C/C=C\CCCCCCCCCCCCC(=O)OCC(COC(=O)CCCCCCC/C=C\CCCCCC)OC(=O)CCCCCCCCCCCCCCCCCCC. The zero-order chi connectivity index (χ0) is 55.7. The Morgan fingerprint density at radius 2 is 0.506 bits per heavy atom. The van der Waals surface area contributed by atoms with Crippen LogP contribution in [0.25, 0.3) is 0 Å². The van der Waals surface area contributed by atoms with Crippen LogP contribution < -0.4 is 0 Å². The molecule has 0 rings (SSSR count). The summed E-state index contributed by atoms with van der Waals surface area (Å²) in [6.07, 6.45) is 85.9. The number of ether oxygens (including phenoxy) is 3. The molecule has 0 N–H and O–H groups in total. The Hall–Kier alpha value is -3.41. The predicted octanol–water partition coefficient (Wildman–Crippen LogP) is 22.7. The number of hydrogen-bond acceptors (Lipinski definition) is 6. The molecule has 0 bridgehead atoms. The van der Waals surface area contributed by atoms with E-state index in [4.69, 9.17) is 14.2 Å². The van der Waals surface area contributed by atoms with Gasteiger partial charge in [0, 0.05) is 19.3 Å². The Labute approximate surface area is 477 Å². The molecule has 0 aromatic rings. The number of rotatable bonds is 60. The molecular weight excluding hydrogens is 949 g/mol. The second kappa shape index (κ2) is 65.1. The molecule has 0 saturated carbocycles. The van der Waals surface area contributed by atoms with Crippen LogP contribution in [0.2, 0.25) is 0 Å². The Balaban J connectivity index is 4.27. The third-order valence-electron chi connectivity index (χ3n) is 14.4. The van der Waals surface area contributed by atoms with Crippen LogP contribution in [0.1, 0.15) is 329 Å². The standard InChI is InChI=1S/C71H124O6/c1-4-7-10-13-16-19-22-25-27-29-30-31-32-33-34-35-36-37-38-39-40-42-43-46-49-52-55-58-61-64-70(73)76-67-68(66-75-69(72)63-60-57-54-51-48-45-24-21-18-15-12-9-6-3)77-71(74)65-62-59-56-53-50-47-44-41-28-26-23-20-17-14-11-8-5-2/h7,10,16,19,21,24-25,27,30-31,33-34,36-37,68H,4-6,8-9,11-15,17-18,20,22-23,26,28-29,32,35,38-67H2,1-3H3/b10-7-,19-16-,24-21-,27-25-,31-30-,34-33-,37-36-. The third-order valence-corrected chi connectivity index (χ3v) is 14.4. The van der Waals surface area contributed by atoms with Crippen LogP contribution in [-0.2, 0) is 28.6 Å². The van der Waals surface area contributed by atoms with E-state index in [-0.39, 0.29) is 31.1 Å². The van der Waals surface area contributed by atoms with E-state index in [9.17, 15) is 14.4 Å². The summed E-state index contributed by atoms with van der Waals surface area (Å²) in [5, 5.41) is 0. The molecule has 444 valence electrons. The molecular formula is C71H124O6. The van der Waals surface area contributed by atoms with Crippen molar-refractivity contribution in [1.29, 1.82) is 0 Å². The Kier molecular flexibility index (Phi) is 62.2. The van der Waals surface area contributed by atoms with Gasteiger partial charge in [0.15, 0.2) is 6.10 Å². The second-order valence-corrected chi connectivity index (χ2v) is 22.0. The normalized spacial score (nSPS) is 12.6. The van der Waals surface area contributed by atoms with E-state index in [2.05, 4.69) is 106 Å². The lowest BCUT2D eigenvalue weighted by molar-refractivity contribution is -0.167. The van der Waals surface area contributed by atoms with Crippen LogP contribution in [0.5, 0.6) is 0 Å². The molecule has 0 aromatic carbocycles. The monoisotopic (exact) mass is 1070 g/mol. The van der Waals surface area contributed by atoms with E-state index in [1.54, 1.807) is 0 Å². The molecule has 1 unspecified atom stereocenters. The van der Waals surface area contributed by atoms with Gasteiger partial charge in [0.25, 0.3) is 0 Å². The minimum Gasteiger partial charge on any atom is -0.462 e. The molecule has 0 fully saturated rings. The van der Waals surface area contributed by atoms with Crippen molar-refractivity contribution in [3.8, 4) is 0 Å². The fraction of sp³-hybridized carbons (Fsp3) is 0.761. The summed E-state index contributed by atoms with van der Waals surface area (Å²) in [5.74, 6) is -0.874. The smallest absolute Gasteiger partial charge is 0.306 e. The van der Waals surface area contributed by atoms with Crippen molar-refractivity contribution >= 4 is 17.9 Å². The van der Waals surface area contributed by atoms with Gasteiger partial charge in [0.1, 0.15) is 13.2 Å². The summed E-state index contributed by atoms with van der Waals surface area (Å²) in [5.41, 5.74) is 0. The van der Waals surface area contributed by atoms with Gasteiger partial charge in [-0.3, -0.25) is 14.4 Å². The van der Waals surface area contributed by atoms with Crippen LogP contribution in [0.4, 0.5) is 0 Å². The number of hydrogen-bond donors (Lipinski definition) is 0. The van der Waals surface area contributed by atoms with Gasteiger partial charge in [-0.05, 0) is 96.3 Å². The van der Waals surface area contributed by atoms with Gasteiger partial charge in [-0.25, -0.2) is 0 Å². The van der Waals surface area contributed by atoms with Crippen molar-refractivity contribution in [1.82, 2.24) is 0 Å². The molecule has 0 heterocycles. The van der Waals surface area contributed by atoms with Crippen molar-refractivity contribution in [3.63, 3.8) is 0 Å². The largest absolute Gasteiger partial charge is 0.462 e. The fourth-order valence-corrected chi connectivity index (χ4v) is 9.44. The number of carbonyl (C=O) groups is 3. The number of esters is 3. The van der Waals surface area contributed by atoms with Gasteiger partial charge in [0.2, 0.25) is 0 Å². The molecule has 0 amide bonds. The minimum absolute atomic E-state index is 0.0779. The van der Waals surface area contributed by atoms with Crippen LogP contribution in [0.3, 0.4) is 0 Å². The summed E-state index contributed by atoms with van der Waals surface area (Å²) in [7, 11) is 0. The first-order chi connectivity index (χ1) is 38.0. The molecule has 6 heteroatoms. The van der Waals surface area contributed by atoms with Crippen molar-refractivity contribution in [2.24, 2.45) is 0 Å². The van der Waals surface area contributed by atoms with E-state index in [0.29, 0.717) is 19.3 Å².